The van der Waals surface area contributed by atoms with Crippen molar-refractivity contribution in [1.82, 2.24) is 4.13 Å². The minimum atomic E-state index is -6.44. The quantitative estimate of drug-likeness (QED) is 0.151. The average molecular weight is 632 g/mol. The summed E-state index contributed by atoms with van der Waals surface area (Å²) in [5, 5.41) is 0. The molecule has 0 radical (unpaired) electrons. The second-order valence-electron chi connectivity index (χ2n) is 8.30. The van der Waals surface area contributed by atoms with Gasteiger partial charge in [-0.25, -0.2) is 8.42 Å². The number of unbranched alkanes of at least 4 members (excludes halogenated alkanes) is 10. The molecule has 0 spiro atoms. The summed E-state index contributed by atoms with van der Waals surface area (Å²) in [6, 6.07) is 0. The number of alkyl halides is 6. The van der Waals surface area contributed by atoms with E-state index in [2.05, 4.69) is 7.54 Å². The predicted octanol–water partition coefficient (Wildman–Crippen LogP) is 5.76. The third-order valence-electron chi connectivity index (χ3n) is 4.83. The van der Waals surface area contributed by atoms with E-state index < -0.39 is 62.4 Å². The fourth-order valence-corrected chi connectivity index (χ4v) is 11.0. The highest BCUT2D eigenvalue weighted by Gasteiger charge is 2.49. The lowest BCUT2D eigenvalue weighted by molar-refractivity contribution is -0.0440. The van der Waals surface area contributed by atoms with E-state index in [9.17, 15) is 51.6 Å². The Labute approximate surface area is 216 Å². The van der Waals surface area contributed by atoms with E-state index >= 15 is 0 Å². The van der Waals surface area contributed by atoms with Gasteiger partial charge < -0.3 is 0 Å². The van der Waals surface area contributed by atoms with Crippen LogP contribution in [0.3, 0.4) is 0 Å². The Bertz CT molecular complexity index is 1060. The van der Waals surface area contributed by atoms with Crippen LogP contribution >= 0.6 is 0 Å². The van der Waals surface area contributed by atoms with Gasteiger partial charge in [0.05, 0.1) is 0 Å². The Morgan fingerprint density at radius 2 is 0.784 bits per heavy atom. The number of hydrogen-bond acceptors (Lipinski definition) is 6. The molecule has 0 heterocycles. The maximum Gasteiger partial charge on any atom is 0.519 e. The van der Waals surface area contributed by atoms with Crippen molar-refractivity contribution in [2.45, 2.75) is 102 Å². The fourth-order valence-electron chi connectivity index (χ4n) is 2.95. The molecule has 0 aromatic rings. The molecule has 37 heavy (non-hydrogen) atoms. The number of nitrogens with one attached hydrogen (secondary N) is 1. The second-order valence-corrected chi connectivity index (χ2v) is 16.4. The van der Waals surface area contributed by atoms with Crippen LogP contribution in [-0.4, -0.2) is 47.8 Å². The molecule has 0 aliphatic rings. The number of halogens is 6. The molecule has 0 aliphatic carbocycles. The van der Waals surface area contributed by atoms with Gasteiger partial charge in [-0.05, 0) is 12.8 Å². The molecule has 0 aromatic carbocycles. The SMILES string of the molecule is CCCCCCCCS(=O)(=NS(=O)(=O)C(F)(F)F)NS(=O)(CCCCCCCC)=NS(=O)(=O)C(F)(F)F. The summed E-state index contributed by atoms with van der Waals surface area (Å²) in [5.41, 5.74) is -12.0. The maximum atomic E-state index is 13.2. The Morgan fingerprint density at radius 3 is 1.05 bits per heavy atom. The van der Waals surface area contributed by atoms with Gasteiger partial charge in [-0.15, -0.1) is 4.13 Å². The Morgan fingerprint density at radius 1 is 0.514 bits per heavy atom. The molecular formula is C18H35F6N3O6S4. The van der Waals surface area contributed by atoms with Crippen LogP contribution in [-0.2, 0) is 39.9 Å². The first-order valence-corrected chi connectivity index (χ1v) is 17.9. The van der Waals surface area contributed by atoms with Gasteiger partial charge in [0, 0.05) is 11.5 Å². The first-order chi connectivity index (χ1) is 16.7. The molecule has 19 heteroatoms. The van der Waals surface area contributed by atoms with Crippen LogP contribution in [0.5, 0.6) is 0 Å². The van der Waals surface area contributed by atoms with Gasteiger partial charge in [0.15, 0.2) is 0 Å². The van der Waals surface area contributed by atoms with E-state index in [1.807, 2.05) is 13.8 Å². The lowest BCUT2D eigenvalue weighted by Gasteiger charge is -2.17. The molecule has 2 unspecified atom stereocenters. The van der Waals surface area contributed by atoms with Gasteiger partial charge >= 0.3 is 31.1 Å². The number of hydrogen-bond donors (Lipinski definition) is 1. The zero-order valence-corrected chi connectivity index (χ0v) is 23.9. The molecule has 0 amide bonds. The van der Waals surface area contributed by atoms with Crippen molar-refractivity contribution in [1.29, 1.82) is 0 Å². The summed E-state index contributed by atoms with van der Waals surface area (Å²) in [7, 11) is -22.6. The van der Waals surface area contributed by atoms with Crippen LogP contribution in [0.4, 0.5) is 26.3 Å². The minimum absolute atomic E-state index is 0.190. The summed E-state index contributed by atoms with van der Waals surface area (Å²) in [6.07, 6.45) is 5.92. The standard InChI is InChI=1S/C18H35F6N3O6S4/c1-3-5-7-9-11-13-15-34(28,26-36(30,31)17(19,20)21)25-35(29,16-14-12-10-8-6-4-2)27-37(32,33)18(22,23)24/h3-16H2,1-2H3,(H,25,26,27,28,29). The number of rotatable bonds is 18. The summed E-state index contributed by atoms with van der Waals surface area (Å²) in [4.78, 5) is 0. The zero-order chi connectivity index (χ0) is 29.0. The van der Waals surface area contributed by atoms with Gasteiger partial charge in [-0.2, -0.15) is 43.2 Å². The van der Waals surface area contributed by atoms with Gasteiger partial charge in [-0.1, -0.05) is 85.6 Å². The average Bonchev–Trinajstić information content (AvgIpc) is 2.70. The fraction of sp³-hybridized carbons (Fsp3) is 1.00. The third kappa shape index (κ3) is 13.8. The number of sulfonamides is 2. The van der Waals surface area contributed by atoms with Crippen LogP contribution in [0.15, 0.2) is 7.54 Å². The van der Waals surface area contributed by atoms with Crippen molar-refractivity contribution in [3.8, 4) is 0 Å². The van der Waals surface area contributed by atoms with Crippen molar-refractivity contribution < 1.29 is 51.6 Å². The van der Waals surface area contributed by atoms with Crippen molar-refractivity contribution in [3.05, 3.63) is 0 Å². The van der Waals surface area contributed by atoms with Crippen LogP contribution in [0, 0.1) is 0 Å². The second kappa shape index (κ2) is 15.2. The number of nitrogens with zero attached hydrogens (tertiary/aromatic N) is 2. The minimum Gasteiger partial charge on any atom is -0.232 e. The van der Waals surface area contributed by atoms with Crippen molar-refractivity contribution in [3.63, 3.8) is 0 Å². The van der Waals surface area contributed by atoms with Crippen LogP contribution < -0.4 is 4.13 Å². The van der Waals surface area contributed by atoms with Crippen LogP contribution in [0.2, 0.25) is 0 Å². The van der Waals surface area contributed by atoms with Gasteiger partial charge in [-0.3, -0.25) is 0 Å². The van der Waals surface area contributed by atoms with Crippen molar-refractivity contribution in [2.75, 3.05) is 11.5 Å². The monoisotopic (exact) mass is 631 g/mol. The molecule has 0 fully saturated rings. The molecule has 9 nitrogen and oxygen atoms in total. The summed E-state index contributed by atoms with van der Waals surface area (Å²) >= 11 is 0. The highest BCUT2D eigenvalue weighted by atomic mass is 32.3. The Balaban J connectivity index is 6.40. The van der Waals surface area contributed by atoms with Crippen LogP contribution in [0.25, 0.3) is 0 Å². The van der Waals surface area contributed by atoms with E-state index in [1.165, 1.54) is 4.13 Å². The Hall–Kier alpha value is -0.660. The normalized spacial score (nSPS) is 16.6. The predicted molar refractivity (Wildman–Crippen MR) is 131 cm³/mol. The third-order valence-corrected chi connectivity index (χ3v) is 13.3. The molecule has 0 aliphatic heterocycles. The maximum absolute atomic E-state index is 13.2. The molecule has 0 aromatic heterocycles. The highest BCUT2D eigenvalue weighted by Crippen LogP contribution is 2.28. The summed E-state index contributed by atoms with van der Waals surface area (Å²) in [6.45, 7) is 3.83. The van der Waals surface area contributed by atoms with Gasteiger partial charge in [0.1, 0.15) is 19.8 Å². The summed E-state index contributed by atoms with van der Waals surface area (Å²) < 4.78 is 156. The van der Waals surface area contributed by atoms with Crippen molar-refractivity contribution >= 4 is 39.9 Å². The van der Waals surface area contributed by atoms with Gasteiger partial charge in [0.25, 0.3) is 0 Å². The molecule has 0 rings (SSSR count). The smallest absolute Gasteiger partial charge is 0.232 e. The molecule has 2 atom stereocenters. The van der Waals surface area contributed by atoms with E-state index in [-0.39, 0.29) is 25.7 Å². The molecule has 0 saturated carbocycles. The topological polar surface area (TPSA) is 139 Å². The van der Waals surface area contributed by atoms with E-state index in [0.717, 1.165) is 25.7 Å². The molecule has 224 valence electrons. The first kappa shape index (κ1) is 36.3. The van der Waals surface area contributed by atoms with E-state index in [0.29, 0.717) is 25.7 Å². The largest absolute Gasteiger partial charge is 0.519 e. The lowest BCUT2D eigenvalue weighted by atomic mass is 10.1. The lowest BCUT2D eigenvalue weighted by Crippen LogP contribution is -2.37. The summed E-state index contributed by atoms with van der Waals surface area (Å²) in [5.74, 6) is -1.88. The molecular weight excluding hydrogens is 596 g/mol. The zero-order valence-electron chi connectivity index (χ0n) is 20.6. The highest BCUT2D eigenvalue weighted by molar-refractivity contribution is 8.12. The van der Waals surface area contributed by atoms with E-state index in [1.54, 1.807) is 0 Å². The molecule has 0 saturated heterocycles. The molecule has 1 N–H and O–H groups in total. The van der Waals surface area contributed by atoms with Crippen LogP contribution in [0.1, 0.15) is 90.9 Å². The Kier molecular flexibility index (Phi) is 14.9. The first-order valence-electron chi connectivity index (χ1n) is 11.7. The van der Waals surface area contributed by atoms with Crippen molar-refractivity contribution in [2.24, 2.45) is 7.54 Å². The van der Waals surface area contributed by atoms with Gasteiger partial charge in [0.2, 0.25) is 0 Å². The van der Waals surface area contributed by atoms with E-state index in [4.69, 9.17) is 0 Å². The molecule has 0 bridgehead atoms.